The van der Waals surface area contributed by atoms with Crippen molar-refractivity contribution in [3.63, 3.8) is 0 Å². The molecule has 1 aliphatic heterocycles. The Labute approximate surface area is 155 Å². The largest absolute Gasteiger partial charge is 0.346 e. The number of imidazole rings is 1. The van der Waals surface area contributed by atoms with Gasteiger partial charge in [0.2, 0.25) is 0 Å². The van der Waals surface area contributed by atoms with Crippen LogP contribution in [0.1, 0.15) is 21.6 Å². The van der Waals surface area contributed by atoms with Crippen LogP contribution in [0.4, 0.5) is 4.39 Å². The van der Waals surface area contributed by atoms with Crippen LogP contribution in [0.2, 0.25) is 0 Å². The number of aromatic nitrogens is 2. The van der Waals surface area contributed by atoms with E-state index in [0.29, 0.717) is 12.1 Å². The van der Waals surface area contributed by atoms with Crippen LogP contribution in [-0.4, -0.2) is 21.2 Å². The molecule has 0 saturated heterocycles. The van der Waals surface area contributed by atoms with Crippen molar-refractivity contribution in [1.29, 1.82) is 0 Å². The van der Waals surface area contributed by atoms with Crippen LogP contribution in [0, 0.1) is 12.7 Å². The Morgan fingerprint density at radius 3 is 2.65 bits per heavy atom. The lowest BCUT2D eigenvalue weighted by molar-refractivity contribution is 0.0950. The van der Waals surface area contributed by atoms with Crippen molar-refractivity contribution in [2.45, 2.75) is 25.2 Å². The topological polar surface area (TPSA) is 46.9 Å². The van der Waals surface area contributed by atoms with Crippen molar-refractivity contribution in [2.75, 3.05) is 5.75 Å². The van der Waals surface area contributed by atoms with Crippen molar-refractivity contribution >= 4 is 17.7 Å². The summed E-state index contributed by atoms with van der Waals surface area (Å²) >= 11 is 1.73. The minimum atomic E-state index is -0.353. The standard InChI is InChI=1S/C20H18FN3OS/c1-13-2-4-14(5-3-13)18-17(24-10-11-26-20(24)23-18)12-22-19(25)15-6-8-16(21)9-7-15/h2-9H,10-12H2,1H3,(H,22,25). The van der Waals surface area contributed by atoms with Crippen LogP contribution in [0.25, 0.3) is 11.3 Å². The van der Waals surface area contributed by atoms with E-state index in [4.69, 9.17) is 4.98 Å². The summed E-state index contributed by atoms with van der Waals surface area (Å²) in [6.45, 7) is 3.32. The molecule has 132 valence electrons. The maximum atomic E-state index is 13.0. The summed E-state index contributed by atoms with van der Waals surface area (Å²) in [5.41, 5.74) is 4.60. The van der Waals surface area contributed by atoms with Gasteiger partial charge in [0.15, 0.2) is 5.16 Å². The highest BCUT2D eigenvalue weighted by molar-refractivity contribution is 7.99. The van der Waals surface area contributed by atoms with Crippen LogP contribution in [0.5, 0.6) is 0 Å². The summed E-state index contributed by atoms with van der Waals surface area (Å²) in [7, 11) is 0. The molecular weight excluding hydrogens is 349 g/mol. The molecule has 0 radical (unpaired) electrons. The number of fused-ring (bicyclic) bond motifs is 1. The average molecular weight is 367 g/mol. The van der Waals surface area contributed by atoms with E-state index in [-0.39, 0.29) is 11.7 Å². The molecule has 0 saturated carbocycles. The van der Waals surface area contributed by atoms with E-state index in [1.54, 1.807) is 11.8 Å². The van der Waals surface area contributed by atoms with E-state index >= 15 is 0 Å². The average Bonchev–Trinajstić information content (AvgIpc) is 3.22. The lowest BCUT2D eigenvalue weighted by Crippen LogP contribution is -2.24. The number of thioether (sulfide) groups is 1. The van der Waals surface area contributed by atoms with Gasteiger partial charge in [-0.2, -0.15) is 0 Å². The number of hydrogen-bond donors (Lipinski definition) is 1. The van der Waals surface area contributed by atoms with Gasteiger partial charge in [0.05, 0.1) is 17.9 Å². The van der Waals surface area contributed by atoms with E-state index in [0.717, 1.165) is 34.4 Å². The fourth-order valence-electron chi connectivity index (χ4n) is 3.02. The molecule has 4 rings (SSSR count). The smallest absolute Gasteiger partial charge is 0.251 e. The summed E-state index contributed by atoms with van der Waals surface area (Å²) in [4.78, 5) is 17.2. The molecule has 0 aliphatic carbocycles. The predicted octanol–water partition coefficient (Wildman–Crippen LogP) is 4.03. The Morgan fingerprint density at radius 1 is 1.19 bits per heavy atom. The van der Waals surface area contributed by atoms with Crippen LogP contribution in [0.3, 0.4) is 0 Å². The molecule has 3 aromatic rings. The van der Waals surface area contributed by atoms with Crippen LogP contribution in [0.15, 0.2) is 53.7 Å². The zero-order valence-electron chi connectivity index (χ0n) is 14.3. The number of nitrogens with zero attached hydrogens (tertiary/aromatic N) is 2. The fourth-order valence-corrected chi connectivity index (χ4v) is 3.99. The minimum Gasteiger partial charge on any atom is -0.346 e. The number of benzene rings is 2. The lowest BCUT2D eigenvalue weighted by atomic mass is 10.1. The van der Waals surface area contributed by atoms with Gasteiger partial charge >= 0.3 is 0 Å². The van der Waals surface area contributed by atoms with Gasteiger partial charge in [0.1, 0.15) is 5.82 Å². The number of nitrogens with one attached hydrogen (secondary N) is 1. The number of hydrogen-bond acceptors (Lipinski definition) is 3. The first-order valence-electron chi connectivity index (χ1n) is 8.45. The van der Waals surface area contributed by atoms with Gasteiger partial charge in [0, 0.05) is 23.4 Å². The SMILES string of the molecule is Cc1ccc(-c2nc3n(c2CNC(=O)c2ccc(F)cc2)CCS3)cc1. The summed E-state index contributed by atoms with van der Waals surface area (Å²) < 4.78 is 15.2. The van der Waals surface area contributed by atoms with Crippen LogP contribution >= 0.6 is 11.8 Å². The molecule has 2 heterocycles. The Bertz CT molecular complexity index is 948. The van der Waals surface area contributed by atoms with Gasteiger partial charge in [-0.15, -0.1) is 0 Å². The van der Waals surface area contributed by atoms with Gasteiger partial charge in [0.25, 0.3) is 5.91 Å². The molecule has 0 bridgehead atoms. The Kier molecular flexibility index (Phi) is 4.51. The van der Waals surface area contributed by atoms with Gasteiger partial charge < -0.3 is 9.88 Å². The first-order valence-corrected chi connectivity index (χ1v) is 9.43. The summed E-state index contributed by atoms with van der Waals surface area (Å²) in [6, 6.07) is 13.8. The molecule has 1 aliphatic rings. The summed E-state index contributed by atoms with van der Waals surface area (Å²) in [6.07, 6.45) is 0. The maximum Gasteiger partial charge on any atom is 0.251 e. The first kappa shape index (κ1) is 16.8. The number of carbonyl (C=O) groups is 1. The van der Waals surface area contributed by atoms with Gasteiger partial charge in [-0.05, 0) is 31.2 Å². The molecule has 1 amide bonds. The molecule has 0 unspecified atom stereocenters. The van der Waals surface area contributed by atoms with Crippen molar-refractivity contribution < 1.29 is 9.18 Å². The molecule has 1 N–H and O–H groups in total. The third-order valence-corrected chi connectivity index (χ3v) is 5.39. The number of aryl methyl sites for hydroxylation is 1. The van der Waals surface area contributed by atoms with Crippen LogP contribution < -0.4 is 5.32 Å². The van der Waals surface area contributed by atoms with Crippen molar-refractivity contribution in [3.8, 4) is 11.3 Å². The van der Waals surface area contributed by atoms with Gasteiger partial charge in [-0.1, -0.05) is 41.6 Å². The van der Waals surface area contributed by atoms with Crippen molar-refractivity contribution in [2.24, 2.45) is 0 Å². The van der Waals surface area contributed by atoms with E-state index in [2.05, 4.69) is 41.1 Å². The minimum absolute atomic E-state index is 0.221. The molecule has 26 heavy (non-hydrogen) atoms. The zero-order chi connectivity index (χ0) is 18.1. The van der Waals surface area contributed by atoms with Crippen molar-refractivity contribution in [3.05, 3.63) is 71.2 Å². The van der Waals surface area contributed by atoms with Gasteiger partial charge in [-0.3, -0.25) is 4.79 Å². The highest BCUT2D eigenvalue weighted by Crippen LogP contribution is 2.33. The highest BCUT2D eigenvalue weighted by Gasteiger charge is 2.23. The molecule has 0 spiro atoms. The normalized spacial score (nSPS) is 12.8. The Morgan fingerprint density at radius 2 is 1.92 bits per heavy atom. The van der Waals surface area contributed by atoms with Crippen LogP contribution in [-0.2, 0) is 13.1 Å². The number of halogens is 1. The third kappa shape index (κ3) is 3.24. The highest BCUT2D eigenvalue weighted by atomic mass is 32.2. The molecular formula is C20H18FN3OS. The summed E-state index contributed by atoms with van der Waals surface area (Å²) in [5.74, 6) is 0.421. The number of carbonyl (C=O) groups excluding carboxylic acids is 1. The lowest BCUT2D eigenvalue weighted by Gasteiger charge is -2.10. The molecule has 2 aromatic carbocycles. The van der Waals surface area contributed by atoms with Gasteiger partial charge in [-0.25, -0.2) is 9.37 Å². The molecule has 1 aromatic heterocycles. The molecule has 4 nitrogen and oxygen atoms in total. The van der Waals surface area contributed by atoms with Crippen molar-refractivity contribution in [1.82, 2.24) is 14.9 Å². The van der Waals surface area contributed by atoms with E-state index in [1.807, 2.05) is 0 Å². The molecule has 6 heteroatoms. The number of rotatable bonds is 4. The quantitative estimate of drug-likeness (QED) is 0.757. The molecule has 0 atom stereocenters. The Hall–Kier alpha value is -2.60. The third-order valence-electron chi connectivity index (χ3n) is 4.43. The second-order valence-electron chi connectivity index (χ2n) is 6.25. The van der Waals surface area contributed by atoms with E-state index < -0.39 is 0 Å². The predicted molar refractivity (Wildman–Crippen MR) is 101 cm³/mol. The first-order chi connectivity index (χ1) is 12.6. The second kappa shape index (κ2) is 6.96. The Balaban J connectivity index is 1.60. The monoisotopic (exact) mass is 367 g/mol. The number of amides is 1. The molecule has 0 fully saturated rings. The fraction of sp³-hybridized carbons (Fsp3) is 0.200. The van der Waals surface area contributed by atoms with E-state index in [1.165, 1.54) is 29.8 Å². The maximum absolute atomic E-state index is 13.0. The van der Waals surface area contributed by atoms with E-state index in [9.17, 15) is 9.18 Å². The summed E-state index contributed by atoms with van der Waals surface area (Å²) in [5, 5.41) is 3.93. The second-order valence-corrected chi connectivity index (χ2v) is 7.31. The zero-order valence-corrected chi connectivity index (χ0v) is 15.1.